The molecule has 27 heavy (non-hydrogen) atoms. The summed E-state index contributed by atoms with van der Waals surface area (Å²) in [6, 6.07) is 14.6. The van der Waals surface area contributed by atoms with Gasteiger partial charge in [0, 0.05) is 31.0 Å². The van der Waals surface area contributed by atoms with Gasteiger partial charge in [-0.2, -0.15) is 0 Å². The van der Waals surface area contributed by atoms with E-state index in [0.29, 0.717) is 41.4 Å². The molecule has 0 aliphatic carbocycles. The number of imide groups is 1. The molecule has 2 aromatic carbocycles. The number of amides is 2. The largest absolute Gasteiger partial charge is 0.385 e. The molecule has 0 atom stereocenters. The zero-order valence-electron chi connectivity index (χ0n) is 15.3. The molecule has 0 unspecified atom stereocenters. The summed E-state index contributed by atoms with van der Waals surface area (Å²) in [6.07, 6.45) is 0.583. The minimum atomic E-state index is -0.339. The van der Waals surface area contributed by atoms with Gasteiger partial charge in [0.1, 0.15) is 5.70 Å². The van der Waals surface area contributed by atoms with E-state index in [1.165, 1.54) is 4.90 Å². The van der Waals surface area contributed by atoms with Crippen molar-refractivity contribution in [2.75, 3.05) is 25.6 Å². The summed E-state index contributed by atoms with van der Waals surface area (Å²) in [5.74, 6) is -0.640. The van der Waals surface area contributed by atoms with Crippen LogP contribution < -0.4 is 5.32 Å². The third-order valence-electron chi connectivity index (χ3n) is 4.49. The van der Waals surface area contributed by atoms with Gasteiger partial charge in [0.25, 0.3) is 11.8 Å². The predicted molar refractivity (Wildman–Crippen MR) is 106 cm³/mol. The minimum Gasteiger partial charge on any atom is -0.385 e. The van der Waals surface area contributed by atoms with E-state index in [0.717, 1.165) is 5.56 Å². The van der Waals surface area contributed by atoms with Gasteiger partial charge in [0.2, 0.25) is 0 Å². The van der Waals surface area contributed by atoms with Gasteiger partial charge < -0.3 is 10.1 Å². The Morgan fingerprint density at radius 2 is 1.78 bits per heavy atom. The van der Waals surface area contributed by atoms with Crippen LogP contribution in [-0.2, 0) is 14.3 Å². The van der Waals surface area contributed by atoms with Crippen molar-refractivity contribution in [2.24, 2.45) is 0 Å². The molecule has 2 aromatic rings. The number of hydrogen-bond donors (Lipinski definition) is 1. The second kappa shape index (κ2) is 8.37. The molecule has 0 fully saturated rings. The van der Waals surface area contributed by atoms with E-state index in [1.54, 1.807) is 19.2 Å². The Labute approximate surface area is 163 Å². The van der Waals surface area contributed by atoms with E-state index in [9.17, 15) is 9.59 Å². The van der Waals surface area contributed by atoms with E-state index < -0.39 is 0 Å². The second-order valence-electron chi connectivity index (χ2n) is 6.26. The van der Waals surface area contributed by atoms with Gasteiger partial charge in [0.05, 0.1) is 5.57 Å². The number of carbonyl (C=O) groups excluding carboxylic acids is 2. The van der Waals surface area contributed by atoms with Crippen molar-refractivity contribution in [3.63, 3.8) is 0 Å². The van der Waals surface area contributed by atoms with Gasteiger partial charge in [-0.25, -0.2) is 0 Å². The summed E-state index contributed by atoms with van der Waals surface area (Å²) < 4.78 is 5.04. The van der Waals surface area contributed by atoms with Crippen LogP contribution in [0.15, 0.2) is 54.2 Å². The van der Waals surface area contributed by atoms with Gasteiger partial charge >= 0.3 is 0 Å². The van der Waals surface area contributed by atoms with Gasteiger partial charge in [0.15, 0.2) is 0 Å². The highest BCUT2D eigenvalue weighted by molar-refractivity contribution is 6.36. The van der Waals surface area contributed by atoms with Crippen molar-refractivity contribution in [1.82, 2.24) is 4.90 Å². The first kappa shape index (κ1) is 19.1. The van der Waals surface area contributed by atoms with Crippen LogP contribution in [0, 0.1) is 6.92 Å². The fourth-order valence-corrected chi connectivity index (χ4v) is 3.19. The topological polar surface area (TPSA) is 58.6 Å². The first-order valence-electron chi connectivity index (χ1n) is 8.71. The smallest absolute Gasteiger partial charge is 0.278 e. The van der Waals surface area contributed by atoms with Crippen LogP contribution in [0.2, 0.25) is 5.02 Å². The zero-order chi connectivity index (χ0) is 19.4. The molecule has 2 amide bonds. The quantitative estimate of drug-likeness (QED) is 0.581. The van der Waals surface area contributed by atoms with E-state index in [2.05, 4.69) is 5.32 Å². The molecule has 140 valence electrons. The molecule has 1 aliphatic heterocycles. The molecule has 0 radical (unpaired) electrons. The van der Waals surface area contributed by atoms with Crippen LogP contribution in [0.4, 0.5) is 5.69 Å². The molecule has 0 saturated heterocycles. The van der Waals surface area contributed by atoms with Crippen molar-refractivity contribution in [3.05, 3.63) is 70.4 Å². The SMILES string of the molecule is COCCCN1C(=O)C(Nc2cccc(Cl)c2C)=C(c2ccccc2)C1=O. The first-order valence-corrected chi connectivity index (χ1v) is 9.09. The van der Waals surface area contributed by atoms with Gasteiger partial charge in [-0.3, -0.25) is 14.5 Å². The lowest BCUT2D eigenvalue weighted by molar-refractivity contribution is -0.136. The predicted octanol–water partition coefficient (Wildman–Crippen LogP) is 3.88. The summed E-state index contributed by atoms with van der Waals surface area (Å²) in [7, 11) is 1.59. The highest BCUT2D eigenvalue weighted by atomic mass is 35.5. The third kappa shape index (κ3) is 3.89. The van der Waals surface area contributed by atoms with Crippen LogP contribution in [0.1, 0.15) is 17.5 Å². The standard InChI is InChI=1S/C21H21ClN2O3/c1-14-16(22)10-6-11-17(14)23-19-18(15-8-4-3-5-9-15)20(25)24(21(19)26)12-7-13-27-2/h3-6,8-11,23H,7,12-13H2,1-2H3. The average Bonchev–Trinajstić information content (AvgIpc) is 2.90. The molecule has 1 N–H and O–H groups in total. The maximum Gasteiger partial charge on any atom is 0.278 e. The minimum absolute atomic E-state index is 0.272. The lowest BCUT2D eigenvalue weighted by atomic mass is 10.0. The molecular formula is C21H21ClN2O3. The van der Waals surface area contributed by atoms with Crippen molar-refractivity contribution in [2.45, 2.75) is 13.3 Å². The van der Waals surface area contributed by atoms with Crippen molar-refractivity contribution in [1.29, 1.82) is 0 Å². The average molecular weight is 385 g/mol. The molecule has 6 heteroatoms. The number of rotatable bonds is 7. The van der Waals surface area contributed by atoms with E-state index in [-0.39, 0.29) is 17.5 Å². The van der Waals surface area contributed by atoms with E-state index in [1.807, 2.05) is 43.3 Å². The Morgan fingerprint density at radius 1 is 1.04 bits per heavy atom. The Bertz CT molecular complexity index is 894. The Kier molecular flexibility index (Phi) is 5.94. The Hall–Kier alpha value is -2.63. The number of nitrogens with zero attached hydrogens (tertiary/aromatic N) is 1. The van der Waals surface area contributed by atoms with E-state index >= 15 is 0 Å². The Morgan fingerprint density at radius 3 is 2.48 bits per heavy atom. The summed E-state index contributed by atoms with van der Waals surface area (Å²) in [6.45, 7) is 2.65. The van der Waals surface area contributed by atoms with Crippen LogP contribution in [0.25, 0.3) is 5.57 Å². The number of methoxy groups -OCH3 is 1. The summed E-state index contributed by atoms with van der Waals surface area (Å²) >= 11 is 6.20. The number of ether oxygens (including phenoxy) is 1. The van der Waals surface area contributed by atoms with E-state index in [4.69, 9.17) is 16.3 Å². The monoisotopic (exact) mass is 384 g/mol. The summed E-state index contributed by atoms with van der Waals surface area (Å²) in [5, 5.41) is 3.74. The lowest BCUT2D eigenvalue weighted by Crippen LogP contribution is -2.34. The summed E-state index contributed by atoms with van der Waals surface area (Å²) in [4.78, 5) is 27.3. The number of hydrogen-bond acceptors (Lipinski definition) is 4. The van der Waals surface area contributed by atoms with Gasteiger partial charge in [-0.1, -0.05) is 48.0 Å². The molecule has 0 aromatic heterocycles. The fraction of sp³-hybridized carbons (Fsp3) is 0.238. The number of carbonyl (C=O) groups is 2. The maximum atomic E-state index is 13.0. The lowest BCUT2D eigenvalue weighted by Gasteiger charge is -2.15. The number of anilines is 1. The van der Waals surface area contributed by atoms with Gasteiger partial charge in [-0.05, 0) is 36.6 Å². The Balaban J connectivity index is 2.01. The fourth-order valence-electron chi connectivity index (χ4n) is 3.01. The van der Waals surface area contributed by atoms with Gasteiger partial charge in [-0.15, -0.1) is 0 Å². The molecule has 3 rings (SSSR count). The number of nitrogens with one attached hydrogen (secondary N) is 1. The zero-order valence-corrected chi connectivity index (χ0v) is 16.0. The molecule has 0 saturated carbocycles. The van der Waals surface area contributed by atoms with Crippen LogP contribution in [0.5, 0.6) is 0 Å². The number of benzene rings is 2. The second-order valence-corrected chi connectivity index (χ2v) is 6.67. The summed E-state index contributed by atoms with van der Waals surface area (Å²) in [5.41, 5.74) is 2.86. The van der Waals surface area contributed by atoms with Crippen LogP contribution in [-0.4, -0.2) is 37.0 Å². The third-order valence-corrected chi connectivity index (χ3v) is 4.90. The highest BCUT2D eigenvalue weighted by Crippen LogP contribution is 2.32. The molecule has 1 heterocycles. The maximum absolute atomic E-state index is 13.0. The first-order chi connectivity index (χ1) is 13.0. The van der Waals surface area contributed by atoms with Crippen LogP contribution >= 0.6 is 11.6 Å². The van der Waals surface area contributed by atoms with Crippen molar-refractivity contribution < 1.29 is 14.3 Å². The van der Waals surface area contributed by atoms with Crippen molar-refractivity contribution >= 4 is 34.7 Å². The molecular weight excluding hydrogens is 364 g/mol. The highest BCUT2D eigenvalue weighted by Gasteiger charge is 2.38. The normalized spacial score (nSPS) is 14.3. The molecule has 1 aliphatic rings. The van der Waals surface area contributed by atoms with Crippen molar-refractivity contribution in [3.8, 4) is 0 Å². The number of halogens is 1. The molecule has 5 nitrogen and oxygen atoms in total. The molecule has 0 spiro atoms. The van der Waals surface area contributed by atoms with Crippen LogP contribution in [0.3, 0.4) is 0 Å². The molecule has 0 bridgehead atoms.